The fourth-order valence-corrected chi connectivity index (χ4v) is 3.02. The zero-order valence-electron chi connectivity index (χ0n) is 9.49. The topological polar surface area (TPSA) is 42.0 Å². The van der Waals surface area contributed by atoms with E-state index in [4.69, 9.17) is 0 Å². The van der Waals surface area contributed by atoms with Crippen molar-refractivity contribution in [3.63, 3.8) is 0 Å². The maximum absolute atomic E-state index is 12.8. The van der Waals surface area contributed by atoms with Crippen LogP contribution in [0.3, 0.4) is 0 Å². The predicted molar refractivity (Wildman–Crippen MR) is 66.6 cm³/mol. The summed E-state index contributed by atoms with van der Waals surface area (Å²) >= 11 is 1.96. The van der Waals surface area contributed by atoms with Crippen LogP contribution in [0.4, 0.5) is 4.39 Å². The van der Waals surface area contributed by atoms with Crippen molar-refractivity contribution in [1.29, 1.82) is 0 Å². The lowest BCUT2D eigenvalue weighted by Crippen LogP contribution is -2.31. The van der Waals surface area contributed by atoms with Crippen LogP contribution in [-0.2, 0) is 0 Å². The van der Waals surface area contributed by atoms with E-state index in [0.29, 0.717) is 12.5 Å². The first-order chi connectivity index (χ1) is 8.25. The molecule has 1 saturated heterocycles. The number of hydrogen-bond acceptors (Lipinski definition) is 3. The number of nitrogens with one attached hydrogen (secondary N) is 1. The van der Waals surface area contributed by atoms with Crippen LogP contribution in [0.25, 0.3) is 0 Å². The zero-order valence-corrected chi connectivity index (χ0v) is 10.3. The Hall–Kier alpha value is -1.10. The number of halogens is 1. The van der Waals surface area contributed by atoms with Gasteiger partial charge in [0.05, 0.1) is 0 Å². The van der Waals surface area contributed by atoms with Gasteiger partial charge in [0.1, 0.15) is 5.69 Å². The molecule has 0 atom stereocenters. The highest BCUT2D eigenvalue weighted by Crippen LogP contribution is 2.21. The Morgan fingerprint density at radius 3 is 2.94 bits per heavy atom. The molecule has 1 amide bonds. The van der Waals surface area contributed by atoms with Crippen LogP contribution in [-0.4, -0.2) is 28.9 Å². The highest BCUT2D eigenvalue weighted by Gasteiger charge is 2.15. The molecule has 1 fully saturated rings. The Kier molecular flexibility index (Phi) is 4.36. The molecule has 0 radical (unpaired) electrons. The molecular formula is C12H15FN2OS. The molecule has 0 unspecified atom stereocenters. The van der Waals surface area contributed by atoms with E-state index in [1.54, 1.807) is 0 Å². The molecule has 1 aromatic rings. The Balaban J connectivity index is 1.84. The summed E-state index contributed by atoms with van der Waals surface area (Å²) in [4.78, 5) is 15.2. The van der Waals surface area contributed by atoms with Crippen molar-refractivity contribution in [2.24, 2.45) is 5.92 Å². The van der Waals surface area contributed by atoms with Crippen molar-refractivity contribution in [3.8, 4) is 0 Å². The Morgan fingerprint density at radius 2 is 2.24 bits per heavy atom. The summed E-state index contributed by atoms with van der Waals surface area (Å²) < 4.78 is 12.8. The molecule has 0 saturated carbocycles. The number of aromatic nitrogens is 1. The number of carbonyl (C=O) groups is 1. The van der Waals surface area contributed by atoms with Gasteiger partial charge in [-0.15, -0.1) is 0 Å². The SMILES string of the molecule is O=C(NCC1CCSCC1)c1cccc(F)n1. The molecule has 1 N–H and O–H groups in total. The average molecular weight is 254 g/mol. The second-order valence-electron chi connectivity index (χ2n) is 4.11. The van der Waals surface area contributed by atoms with Gasteiger partial charge in [-0.1, -0.05) is 6.07 Å². The van der Waals surface area contributed by atoms with Crippen molar-refractivity contribution in [3.05, 3.63) is 29.8 Å². The molecule has 0 aliphatic carbocycles. The summed E-state index contributed by atoms with van der Waals surface area (Å²) in [6.45, 7) is 0.664. The van der Waals surface area contributed by atoms with Gasteiger partial charge in [0.15, 0.2) is 0 Å². The predicted octanol–water partition coefficient (Wildman–Crippen LogP) is 2.09. The number of pyridine rings is 1. The highest BCUT2D eigenvalue weighted by atomic mass is 32.2. The van der Waals surface area contributed by atoms with Crippen LogP contribution in [0, 0.1) is 11.9 Å². The minimum Gasteiger partial charge on any atom is -0.350 e. The molecule has 2 rings (SSSR count). The fourth-order valence-electron chi connectivity index (χ4n) is 1.81. The molecule has 0 bridgehead atoms. The molecule has 0 aromatic carbocycles. The van der Waals surface area contributed by atoms with Crippen molar-refractivity contribution in [1.82, 2.24) is 10.3 Å². The van der Waals surface area contributed by atoms with Gasteiger partial charge in [-0.2, -0.15) is 16.2 Å². The average Bonchev–Trinajstić information content (AvgIpc) is 2.37. The van der Waals surface area contributed by atoms with Gasteiger partial charge in [-0.3, -0.25) is 4.79 Å². The van der Waals surface area contributed by atoms with Crippen molar-refractivity contribution in [2.75, 3.05) is 18.1 Å². The number of amides is 1. The first-order valence-corrected chi connectivity index (χ1v) is 6.89. The largest absolute Gasteiger partial charge is 0.350 e. The number of hydrogen-bond donors (Lipinski definition) is 1. The van der Waals surface area contributed by atoms with Crippen LogP contribution in [0.1, 0.15) is 23.3 Å². The van der Waals surface area contributed by atoms with Gasteiger partial charge in [0, 0.05) is 6.54 Å². The van der Waals surface area contributed by atoms with E-state index in [9.17, 15) is 9.18 Å². The van der Waals surface area contributed by atoms with Crippen molar-refractivity contribution >= 4 is 17.7 Å². The second kappa shape index (κ2) is 6.00. The van der Waals surface area contributed by atoms with Gasteiger partial charge in [0.2, 0.25) is 5.95 Å². The molecule has 2 heterocycles. The summed E-state index contributed by atoms with van der Waals surface area (Å²) in [5, 5.41) is 2.82. The van der Waals surface area contributed by atoms with E-state index in [-0.39, 0.29) is 11.6 Å². The number of nitrogens with zero attached hydrogens (tertiary/aromatic N) is 1. The van der Waals surface area contributed by atoms with E-state index in [0.717, 1.165) is 12.8 Å². The molecule has 5 heteroatoms. The van der Waals surface area contributed by atoms with E-state index in [1.165, 1.54) is 29.7 Å². The lowest BCUT2D eigenvalue weighted by molar-refractivity contribution is 0.0940. The van der Waals surface area contributed by atoms with Gasteiger partial charge >= 0.3 is 0 Å². The summed E-state index contributed by atoms with van der Waals surface area (Å²) in [6.07, 6.45) is 2.28. The third-order valence-electron chi connectivity index (χ3n) is 2.84. The third kappa shape index (κ3) is 3.70. The molecule has 1 aliphatic heterocycles. The van der Waals surface area contributed by atoms with Crippen molar-refractivity contribution < 1.29 is 9.18 Å². The Bertz CT molecular complexity index is 394. The normalized spacial score (nSPS) is 16.8. The quantitative estimate of drug-likeness (QED) is 0.840. The second-order valence-corrected chi connectivity index (χ2v) is 5.34. The summed E-state index contributed by atoms with van der Waals surface area (Å²) in [7, 11) is 0. The van der Waals surface area contributed by atoms with Gasteiger partial charge in [-0.05, 0) is 42.4 Å². The zero-order chi connectivity index (χ0) is 12.1. The van der Waals surface area contributed by atoms with Crippen LogP contribution < -0.4 is 5.32 Å². The molecule has 3 nitrogen and oxygen atoms in total. The number of thioether (sulfide) groups is 1. The van der Waals surface area contributed by atoms with Crippen LogP contribution in [0.5, 0.6) is 0 Å². The van der Waals surface area contributed by atoms with E-state index >= 15 is 0 Å². The first-order valence-electron chi connectivity index (χ1n) is 5.74. The molecule has 1 aromatic heterocycles. The molecule has 17 heavy (non-hydrogen) atoms. The lowest BCUT2D eigenvalue weighted by Gasteiger charge is -2.21. The van der Waals surface area contributed by atoms with E-state index < -0.39 is 5.95 Å². The summed E-state index contributed by atoms with van der Waals surface area (Å²) in [5.74, 6) is 1.97. The summed E-state index contributed by atoms with van der Waals surface area (Å²) in [5.41, 5.74) is 0.148. The smallest absolute Gasteiger partial charge is 0.270 e. The highest BCUT2D eigenvalue weighted by molar-refractivity contribution is 7.99. The Labute approximate surface area is 104 Å². The first kappa shape index (κ1) is 12.4. The lowest BCUT2D eigenvalue weighted by atomic mass is 10.0. The molecule has 1 aliphatic rings. The van der Waals surface area contributed by atoms with Crippen LogP contribution in [0.2, 0.25) is 0 Å². The third-order valence-corrected chi connectivity index (χ3v) is 3.89. The van der Waals surface area contributed by atoms with Crippen LogP contribution in [0.15, 0.2) is 18.2 Å². The van der Waals surface area contributed by atoms with Gasteiger partial charge in [0.25, 0.3) is 5.91 Å². The van der Waals surface area contributed by atoms with E-state index in [1.807, 2.05) is 11.8 Å². The number of carbonyl (C=O) groups excluding carboxylic acids is 1. The van der Waals surface area contributed by atoms with Crippen molar-refractivity contribution in [2.45, 2.75) is 12.8 Å². The Morgan fingerprint density at radius 1 is 1.47 bits per heavy atom. The molecule has 92 valence electrons. The monoisotopic (exact) mass is 254 g/mol. The van der Waals surface area contributed by atoms with E-state index in [2.05, 4.69) is 10.3 Å². The summed E-state index contributed by atoms with van der Waals surface area (Å²) in [6, 6.07) is 4.25. The standard InChI is InChI=1S/C12H15FN2OS/c13-11-3-1-2-10(15-11)12(16)14-8-9-4-6-17-7-5-9/h1-3,9H,4-8H2,(H,14,16). The van der Waals surface area contributed by atoms with Crippen LogP contribution >= 0.6 is 11.8 Å². The van der Waals surface area contributed by atoms with Gasteiger partial charge < -0.3 is 5.32 Å². The maximum Gasteiger partial charge on any atom is 0.270 e. The fraction of sp³-hybridized carbons (Fsp3) is 0.500. The number of rotatable bonds is 3. The molecule has 0 spiro atoms. The minimum atomic E-state index is -0.619. The maximum atomic E-state index is 12.8. The van der Waals surface area contributed by atoms with Gasteiger partial charge in [-0.25, -0.2) is 4.98 Å². The molecular weight excluding hydrogens is 239 g/mol. The minimum absolute atomic E-state index is 0.148.